The summed E-state index contributed by atoms with van der Waals surface area (Å²) in [5.41, 5.74) is 0.908. The molecule has 0 fully saturated rings. The maximum Gasteiger partial charge on any atom is 0.227 e. The van der Waals surface area contributed by atoms with Crippen molar-refractivity contribution in [1.82, 2.24) is 0 Å². The Balaban J connectivity index is 2.62. The second kappa shape index (κ2) is 6.10. The van der Waals surface area contributed by atoms with Crippen LogP contribution in [0.5, 0.6) is 0 Å². The lowest BCUT2D eigenvalue weighted by atomic mass is 10.1. The number of carbonyl (C=O) groups is 1. The molecule has 1 aromatic carbocycles. The van der Waals surface area contributed by atoms with Crippen LogP contribution >= 0.6 is 22.6 Å². The van der Waals surface area contributed by atoms with E-state index in [4.69, 9.17) is 0 Å². The van der Waals surface area contributed by atoms with E-state index in [1.807, 2.05) is 31.2 Å². The highest BCUT2D eigenvalue weighted by Crippen LogP contribution is 2.18. The van der Waals surface area contributed by atoms with E-state index in [2.05, 4.69) is 34.8 Å². The summed E-state index contributed by atoms with van der Waals surface area (Å²) >= 11 is 2.22. The lowest BCUT2D eigenvalue weighted by Gasteiger charge is -2.12. The van der Waals surface area contributed by atoms with Gasteiger partial charge in [0.2, 0.25) is 5.91 Å². The summed E-state index contributed by atoms with van der Waals surface area (Å²) in [6, 6.07) is 7.81. The molecule has 1 amide bonds. The molecule has 0 aliphatic heterocycles. The average Bonchev–Trinajstić information content (AvgIpc) is 2.21. The number of hydrogen-bond acceptors (Lipinski definition) is 1. The van der Waals surface area contributed by atoms with Crippen molar-refractivity contribution >= 4 is 34.2 Å². The van der Waals surface area contributed by atoms with Crippen molar-refractivity contribution in [2.75, 3.05) is 5.32 Å². The third kappa shape index (κ3) is 3.81. The van der Waals surface area contributed by atoms with Crippen molar-refractivity contribution in [3.63, 3.8) is 0 Å². The smallest absolute Gasteiger partial charge is 0.227 e. The highest BCUT2D eigenvalue weighted by Gasteiger charge is 2.12. The molecule has 0 saturated carbocycles. The van der Waals surface area contributed by atoms with Gasteiger partial charge in [-0.3, -0.25) is 4.79 Å². The molecule has 1 rings (SSSR count). The average molecular weight is 317 g/mol. The van der Waals surface area contributed by atoms with Gasteiger partial charge >= 0.3 is 0 Å². The van der Waals surface area contributed by atoms with Crippen LogP contribution in [0, 0.1) is 9.49 Å². The van der Waals surface area contributed by atoms with Crippen LogP contribution < -0.4 is 5.32 Å². The number of anilines is 1. The molecule has 0 spiro atoms. The Bertz CT molecular complexity index is 338. The molecule has 0 radical (unpaired) electrons. The fourth-order valence-corrected chi connectivity index (χ4v) is 1.90. The largest absolute Gasteiger partial charge is 0.325 e. The van der Waals surface area contributed by atoms with Crippen LogP contribution in [0.15, 0.2) is 24.3 Å². The van der Waals surface area contributed by atoms with Crippen molar-refractivity contribution in [3.8, 4) is 0 Å². The fourth-order valence-electron chi connectivity index (χ4n) is 1.38. The van der Waals surface area contributed by atoms with E-state index in [0.29, 0.717) is 0 Å². The normalized spacial score (nSPS) is 12.2. The molecule has 0 aliphatic rings. The predicted octanol–water partition coefficient (Wildman–Crippen LogP) is 3.67. The summed E-state index contributed by atoms with van der Waals surface area (Å²) in [4.78, 5) is 11.7. The molecule has 15 heavy (non-hydrogen) atoms. The maximum atomic E-state index is 11.7. The van der Waals surface area contributed by atoms with Crippen molar-refractivity contribution in [2.24, 2.45) is 5.92 Å². The Morgan fingerprint density at radius 1 is 1.47 bits per heavy atom. The number of amides is 1. The van der Waals surface area contributed by atoms with E-state index in [1.54, 1.807) is 0 Å². The van der Waals surface area contributed by atoms with Crippen LogP contribution in [-0.2, 0) is 4.79 Å². The quantitative estimate of drug-likeness (QED) is 0.844. The van der Waals surface area contributed by atoms with Gasteiger partial charge in [0.15, 0.2) is 0 Å². The van der Waals surface area contributed by atoms with E-state index in [-0.39, 0.29) is 11.8 Å². The summed E-state index contributed by atoms with van der Waals surface area (Å²) in [5, 5.41) is 2.95. The Morgan fingerprint density at radius 3 is 2.73 bits per heavy atom. The van der Waals surface area contributed by atoms with Crippen molar-refractivity contribution < 1.29 is 4.79 Å². The molecule has 3 heteroatoms. The summed E-state index contributed by atoms with van der Waals surface area (Å²) < 4.78 is 1.08. The second-order valence-electron chi connectivity index (χ2n) is 3.66. The minimum absolute atomic E-state index is 0.0889. The van der Waals surface area contributed by atoms with Crippen LogP contribution in [0.1, 0.15) is 26.7 Å². The Morgan fingerprint density at radius 2 is 2.13 bits per heavy atom. The van der Waals surface area contributed by atoms with E-state index in [9.17, 15) is 4.79 Å². The van der Waals surface area contributed by atoms with Crippen LogP contribution in [-0.4, -0.2) is 5.91 Å². The van der Waals surface area contributed by atoms with Gasteiger partial charge in [0.05, 0.1) is 5.69 Å². The van der Waals surface area contributed by atoms with Gasteiger partial charge in [-0.1, -0.05) is 32.4 Å². The predicted molar refractivity (Wildman–Crippen MR) is 71.9 cm³/mol. The number of carbonyl (C=O) groups excluding carboxylic acids is 1. The first-order chi connectivity index (χ1) is 7.15. The minimum Gasteiger partial charge on any atom is -0.325 e. The fraction of sp³-hybridized carbons (Fsp3) is 0.417. The van der Waals surface area contributed by atoms with E-state index < -0.39 is 0 Å². The first kappa shape index (κ1) is 12.5. The van der Waals surface area contributed by atoms with Crippen LogP contribution in [0.2, 0.25) is 0 Å². The van der Waals surface area contributed by atoms with Crippen molar-refractivity contribution in [2.45, 2.75) is 26.7 Å². The molecule has 1 N–H and O–H groups in total. The first-order valence-electron chi connectivity index (χ1n) is 5.20. The van der Waals surface area contributed by atoms with Gasteiger partial charge in [0.25, 0.3) is 0 Å². The van der Waals surface area contributed by atoms with Gasteiger partial charge in [-0.25, -0.2) is 0 Å². The zero-order valence-corrected chi connectivity index (χ0v) is 11.2. The Labute approximate surface area is 105 Å². The Hall–Kier alpha value is -0.580. The highest BCUT2D eigenvalue weighted by molar-refractivity contribution is 14.1. The molecule has 1 atom stereocenters. The topological polar surface area (TPSA) is 29.1 Å². The number of halogens is 1. The number of hydrogen-bond donors (Lipinski definition) is 1. The second-order valence-corrected chi connectivity index (χ2v) is 4.82. The zero-order valence-electron chi connectivity index (χ0n) is 9.09. The number of benzene rings is 1. The highest BCUT2D eigenvalue weighted by atomic mass is 127. The van der Waals surface area contributed by atoms with Crippen molar-refractivity contribution in [1.29, 1.82) is 0 Å². The molecule has 0 saturated heterocycles. The van der Waals surface area contributed by atoms with Crippen molar-refractivity contribution in [3.05, 3.63) is 27.8 Å². The summed E-state index contributed by atoms with van der Waals surface area (Å²) in [5.74, 6) is 0.201. The molecule has 0 aromatic heterocycles. The number of nitrogens with one attached hydrogen (secondary N) is 1. The molecule has 0 bridgehead atoms. The summed E-state index contributed by atoms with van der Waals surface area (Å²) in [6.45, 7) is 4.06. The third-order valence-electron chi connectivity index (χ3n) is 2.30. The molecule has 0 unspecified atom stereocenters. The van der Waals surface area contributed by atoms with Crippen LogP contribution in [0.3, 0.4) is 0 Å². The van der Waals surface area contributed by atoms with Gasteiger partial charge in [0, 0.05) is 9.49 Å². The zero-order chi connectivity index (χ0) is 11.3. The van der Waals surface area contributed by atoms with Gasteiger partial charge in [0.1, 0.15) is 0 Å². The molecule has 82 valence electrons. The SMILES string of the molecule is CCC[C@@H](C)C(=O)Nc1ccccc1I. The van der Waals surface area contributed by atoms with Gasteiger partial charge in [-0.05, 0) is 41.1 Å². The summed E-state index contributed by atoms with van der Waals surface area (Å²) in [7, 11) is 0. The Kier molecular flexibility index (Phi) is 5.08. The van der Waals surface area contributed by atoms with E-state index in [1.165, 1.54) is 0 Å². The monoisotopic (exact) mass is 317 g/mol. The molecule has 0 heterocycles. The van der Waals surface area contributed by atoms with Gasteiger partial charge < -0.3 is 5.32 Å². The van der Waals surface area contributed by atoms with Gasteiger partial charge in [-0.2, -0.15) is 0 Å². The van der Waals surface area contributed by atoms with Gasteiger partial charge in [-0.15, -0.1) is 0 Å². The summed E-state index contributed by atoms with van der Waals surface area (Å²) in [6.07, 6.45) is 1.98. The molecule has 1 aromatic rings. The molecule has 0 aliphatic carbocycles. The molecule has 2 nitrogen and oxygen atoms in total. The van der Waals surface area contributed by atoms with E-state index >= 15 is 0 Å². The lowest BCUT2D eigenvalue weighted by molar-refractivity contribution is -0.119. The minimum atomic E-state index is 0.0889. The standard InChI is InChI=1S/C12H16INO/c1-3-6-9(2)12(15)14-11-8-5-4-7-10(11)13/h4-5,7-9H,3,6H2,1-2H3,(H,14,15)/t9-/m1/s1. The van der Waals surface area contributed by atoms with E-state index in [0.717, 1.165) is 22.1 Å². The van der Waals surface area contributed by atoms with Crippen LogP contribution in [0.25, 0.3) is 0 Å². The van der Waals surface area contributed by atoms with Crippen LogP contribution in [0.4, 0.5) is 5.69 Å². The molecular weight excluding hydrogens is 301 g/mol. The number of para-hydroxylation sites is 1. The number of rotatable bonds is 4. The lowest BCUT2D eigenvalue weighted by Crippen LogP contribution is -2.20. The molecular formula is C12H16INO. The third-order valence-corrected chi connectivity index (χ3v) is 3.24. The maximum absolute atomic E-state index is 11.7. The first-order valence-corrected chi connectivity index (χ1v) is 6.28.